The zero-order valence-corrected chi connectivity index (χ0v) is 66.1. The van der Waals surface area contributed by atoms with Gasteiger partial charge in [0.2, 0.25) is 0 Å². The molecule has 1 unspecified atom stereocenters. The van der Waals surface area contributed by atoms with Crippen LogP contribution in [0.3, 0.4) is 0 Å². The first kappa shape index (κ1) is 79.6. The van der Waals surface area contributed by atoms with Gasteiger partial charge in [-0.2, -0.15) is 0 Å². The molecule has 0 radical (unpaired) electrons. The number of nitrogens with zero attached hydrogens (tertiary/aromatic N) is 15. The molecule has 8 aromatic carbocycles. The molecule has 0 fully saturated rings. The van der Waals surface area contributed by atoms with Gasteiger partial charge in [0.25, 0.3) is 0 Å². The van der Waals surface area contributed by atoms with Crippen molar-refractivity contribution in [3.8, 4) is 33.2 Å². The predicted molar refractivity (Wildman–Crippen MR) is 466 cm³/mol. The quantitative estimate of drug-likeness (QED) is 0.163. The Morgan fingerprint density at radius 1 is 0.393 bits per heavy atom. The maximum atomic E-state index is 4.40. The van der Waals surface area contributed by atoms with Crippen molar-refractivity contribution in [1.82, 2.24) is 69.4 Å². The molecule has 0 amide bonds. The number of hydrogen-bond acceptors (Lipinski definition) is 16. The molecule has 0 saturated heterocycles. The van der Waals surface area contributed by atoms with Gasteiger partial charge in [-0.1, -0.05) is 230 Å². The van der Waals surface area contributed by atoms with E-state index in [1.807, 2.05) is 287 Å². The van der Waals surface area contributed by atoms with E-state index in [1.165, 1.54) is 43.1 Å². The van der Waals surface area contributed by atoms with Crippen LogP contribution in [0.5, 0.6) is 0 Å². The number of para-hydroxylation sites is 4. The number of aliphatic imine (C=N–C) groups is 1. The fourth-order valence-corrected chi connectivity index (χ4v) is 12.9. The van der Waals surface area contributed by atoms with Gasteiger partial charge in [0.05, 0.1) is 55.4 Å². The second kappa shape index (κ2) is 41.2. The highest BCUT2D eigenvalue weighted by molar-refractivity contribution is 7.18. The maximum Gasteiger partial charge on any atom is 0.159 e. The fraction of sp³-hybridized carbons (Fsp3) is 0.116. The average molecular weight is 1500 g/mol. The molecule has 112 heavy (non-hydrogen) atoms. The van der Waals surface area contributed by atoms with Crippen LogP contribution in [-0.2, 0) is 0 Å². The largest absolute Gasteiger partial charge is 0.324 e. The number of rotatable bonds is 3. The minimum atomic E-state index is 0.324. The standard InChI is InChI=1S/2C11H10N2.2C10H9N.C9H8N2S.2C9H8N2.2C9H9N.C8H7NS/c1-9-7-13-11(8-12-9)10-5-3-2-4-6-10;1-9-7-12-11(13-8-9)10-5-3-2-4-6-10;1-8-6-11-7-9-4-2-3-5-10(8)9;1-8-6-7-9-4-2-3-5-10(9)11-8;1-7-10-11-9(12-7)8-5-3-2-4-6-8;1-7-8-4-2-3-5-9(8)11-6-10-7;1-7-10-6-8-4-2-3-5-9(8)11-7;1-8-6-9-4-2-3-5-10(9)7-8;1-7-6-8-4-2-3-5-9(8)10-7;1-6-9-7-4-2-3-5-8(7)10-6/h2*2-8H,1H3;2*2-7H,1H3;2-6H,1H3;2*2-6H,1H3;2-7H,1H3;2-6,9H,1H3;2-5H,1H3. The number of fused-ring (bicyclic) bond motifs is 7. The minimum Gasteiger partial charge on any atom is -0.324 e. The summed E-state index contributed by atoms with van der Waals surface area (Å²) >= 11 is 3.36. The van der Waals surface area contributed by atoms with Gasteiger partial charge in [0.15, 0.2) is 5.82 Å². The van der Waals surface area contributed by atoms with Crippen LogP contribution in [0.15, 0.2) is 352 Å². The van der Waals surface area contributed by atoms with Crippen molar-refractivity contribution >= 4 is 87.6 Å². The van der Waals surface area contributed by atoms with Gasteiger partial charge in [0, 0.05) is 110 Å². The molecule has 1 aliphatic carbocycles. The highest BCUT2D eigenvalue weighted by Gasteiger charge is 2.14. The van der Waals surface area contributed by atoms with Gasteiger partial charge in [-0.15, -0.1) is 21.5 Å². The van der Waals surface area contributed by atoms with Crippen molar-refractivity contribution in [2.24, 2.45) is 4.99 Å². The number of aromatic nitrogens is 14. The van der Waals surface area contributed by atoms with Crippen LogP contribution < -0.4 is 0 Å². The van der Waals surface area contributed by atoms with Crippen molar-refractivity contribution in [2.45, 2.75) is 75.3 Å². The summed E-state index contributed by atoms with van der Waals surface area (Å²) in [7, 11) is 0. The van der Waals surface area contributed by atoms with E-state index >= 15 is 0 Å². The zero-order chi connectivity index (χ0) is 78.2. The Morgan fingerprint density at radius 3 is 1.68 bits per heavy atom. The van der Waals surface area contributed by atoms with Crippen LogP contribution >= 0.6 is 22.7 Å². The van der Waals surface area contributed by atoms with Gasteiger partial charge in [-0.25, -0.2) is 34.9 Å². The third-order valence-electron chi connectivity index (χ3n) is 17.0. The first-order chi connectivity index (χ1) is 54.6. The molecule has 17 heteroatoms. The first-order valence-corrected chi connectivity index (χ1v) is 38.2. The molecule has 18 aromatic rings. The molecular weight excluding hydrogens is 1420 g/mol. The van der Waals surface area contributed by atoms with Crippen LogP contribution in [0.1, 0.15) is 56.5 Å². The van der Waals surface area contributed by atoms with Crippen LogP contribution in [0.2, 0.25) is 0 Å². The second-order valence-electron chi connectivity index (χ2n) is 26.0. The van der Waals surface area contributed by atoms with E-state index in [4.69, 9.17) is 0 Å². The van der Waals surface area contributed by atoms with Gasteiger partial charge in [-0.3, -0.25) is 24.9 Å². The van der Waals surface area contributed by atoms with E-state index < -0.39 is 0 Å². The summed E-state index contributed by atoms with van der Waals surface area (Å²) in [5.74, 6) is 1.61. The lowest BCUT2D eigenvalue weighted by molar-refractivity contribution is 0.997. The van der Waals surface area contributed by atoms with E-state index in [0.717, 1.165) is 110 Å². The number of benzene rings is 8. The van der Waals surface area contributed by atoms with Crippen LogP contribution in [0.4, 0.5) is 0 Å². The lowest BCUT2D eigenvalue weighted by atomic mass is 10.0. The van der Waals surface area contributed by atoms with Crippen molar-refractivity contribution in [1.29, 1.82) is 0 Å². The zero-order valence-electron chi connectivity index (χ0n) is 64.4. The molecule has 0 N–H and O–H groups in total. The Kier molecular flexibility index (Phi) is 29.3. The molecule has 2 aliphatic rings. The van der Waals surface area contributed by atoms with E-state index in [1.54, 1.807) is 41.4 Å². The topological polar surface area (TPSA) is 184 Å². The number of pyridine rings is 3. The molecule has 10 aromatic heterocycles. The summed E-state index contributed by atoms with van der Waals surface area (Å²) in [4.78, 5) is 50.8. The fourth-order valence-electron chi connectivity index (χ4n) is 11.4. The summed E-state index contributed by atoms with van der Waals surface area (Å²) in [6, 6.07) is 83.5. The number of thiazole rings is 1. The van der Waals surface area contributed by atoms with Crippen molar-refractivity contribution < 1.29 is 0 Å². The third-order valence-corrected chi connectivity index (χ3v) is 18.8. The van der Waals surface area contributed by atoms with E-state index in [9.17, 15) is 0 Å². The molecule has 554 valence electrons. The normalized spacial score (nSPS) is 11.8. The SMILES string of the molecule is CC1=NC2C=CC=CC2=C1.Cc1cc2ccccn2c1.Cc1ccc2ccccc2n1.Cc1cnc(-c2ccccc2)cn1.Cc1cnc(-c2ccccc2)nc1.Cc1cncc2ccccc12.Cc1nc2ccccc2s1.Cc1ncc2ccccc2n1.Cc1ncnc2ccccc12.Cc1nnc(-c2ccccc2)s1. The summed E-state index contributed by atoms with van der Waals surface area (Å²) in [6.07, 6.45) is 29.1. The van der Waals surface area contributed by atoms with Crippen molar-refractivity contribution in [3.63, 3.8) is 0 Å². The Hall–Kier alpha value is -13.5. The minimum absolute atomic E-state index is 0.324. The number of aryl methyl sites for hydroxylation is 9. The molecule has 20 rings (SSSR count). The Labute approximate surface area is 662 Å². The van der Waals surface area contributed by atoms with E-state index in [0.29, 0.717) is 6.04 Å². The molecule has 0 bridgehead atoms. The molecule has 11 heterocycles. The molecule has 15 nitrogen and oxygen atoms in total. The smallest absolute Gasteiger partial charge is 0.159 e. The van der Waals surface area contributed by atoms with Crippen LogP contribution in [0, 0.1) is 62.3 Å². The molecule has 0 saturated carbocycles. The summed E-state index contributed by atoms with van der Waals surface area (Å²) < 4.78 is 3.40. The van der Waals surface area contributed by atoms with Gasteiger partial charge >= 0.3 is 0 Å². The molecular formula is C95H87N15S2. The molecule has 1 aliphatic heterocycles. The Morgan fingerprint density at radius 2 is 1.02 bits per heavy atom. The maximum absolute atomic E-state index is 4.40. The number of allylic oxidation sites excluding steroid dienone is 3. The van der Waals surface area contributed by atoms with Gasteiger partial charge in [-0.05, 0) is 158 Å². The molecule has 1 atom stereocenters. The monoisotopic (exact) mass is 1500 g/mol. The van der Waals surface area contributed by atoms with Gasteiger partial charge < -0.3 is 4.40 Å². The lowest BCUT2D eigenvalue weighted by Gasteiger charge is -2.05. The lowest BCUT2D eigenvalue weighted by Crippen LogP contribution is -2.00. The second-order valence-corrected chi connectivity index (χ2v) is 28.4. The highest BCUT2D eigenvalue weighted by atomic mass is 32.1. The van der Waals surface area contributed by atoms with Crippen LogP contribution in [-0.4, -0.2) is 81.2 Å². The Bertz CT molecular complexity index is 5700. The highest BCUT2D eigenvalue weighted by Crippen LogP contribution is 2.25. The van der Waals surface area contributed by atoms with Crippen molar-refractivity contribution in [2.75, 3.05) is 0 Å². The van der Waals surface area contributed by atoms with E-state index in [-0.39, 0.29) is 0 Å². The predicted octanol–water partition coefficient (Wildman–Crippen LogP) is 23.1. The first-order valence-electron chi connectivity index (χ1n) is 36.6. The summed E-state index contributed by atoms with van der Waals surface area (Å²) in [5, 5.41) is 17.1. The average Bonchev–Trinajstić information content (AvgIpc) is 0.910. The van der Waals surface area contributed by atoms with E-state index in [2.05, 4.69) is 180 Å². The van der Waals surface area contributed by atoms with Crippen molar-refractivity contribution in [3.05, 3.63) is 396 Å². The Balaban J connectivity index is 0.000000123. The summed E-state index contributed by atoms with van der Waals surface area (Å²) in [5.41, 5.74) is 18.9. The van der Waals surface area contributed by atoms with Crippen LogP contribution in [0.25, 0.3) is 92.4 Å². The number of hydrogen-bond donors (Lipinski definition) is 0. The van der Waals surface area contributed by atoms with Gasteiger partial charge in [0.1, 0.15) is 22.2 Å². The third kappa shape index (κ3) is 24.3. The summed E-state index contributed by atoms with van der Waals surface area (Å²) in [6.45, 7) is 20.0. The molecule has 0 spiro atoms.